The Balaban J connectivity index is 1.70. The van der Waals surface area contributed by atoms with Crippen LogP contribution in [0.25, 0.3) is 0 Å². The Hall–Kier alpha value is -2.91. The summed E-state index contributed by atoms with van der Waals surface area (Å²) in [6, 6.07) is 8.08. The summed E-state index contributed by atoms with van der Waals surface area (Å²) in [4.78, 5) is 37.8. The van der Waals surface area contributed by atoms with Gasteiger partial charge in [0.15, 0.2) is 5.76 Å². The molecule has 3 aromatic heterocycles. The minimum atomic E-state index is -0.477. The monoisotopic (exact) mass is 404 g/mol. The van der Waals surface area contributed by atoms with Gasteiger partial charge in [-0.2, -0.15) is 0 Å². The molecule has 0 aliphatic carbocycles. The molecule has 3 rings (SSSR count). The van der Waals surface area contributed by atoms with Gasteiger partial charge in [0, 0.05) is 4.88 Å². The first-order valence-corrected chi connectivity index (χ1v) is 9.64. The highest BCUT2D eigenvalue weighted by molar-refractivity contribution is 7.18. The molecule has 27 heavy (non-hydrogen) atoms. The number of hydrogen-bond donors (Lipinski definition) is 2. The van der Waals surface area contributed by atoms with Crippen LogP contribution in [0.2, 0.25) is 0 Å². The van der Waals surface area contributed by atoms with E-state index in [1.165, 1.54) is 17.6 Å². The second-order valence-corrected chi connectivity index (χ2v) is 7.71. The van der Waals surface area contributed by atoms with E-state index in [2.05, 4.69) is 10.6 Å². The average molecular weight is 404 g/mol. The molecule has 0 aliphatic rings. The van der Waals surface area contributed by atoms with E-state index in [4.69, 9.17) is 9.15 Å². The fraction of sp³-hybridized carbons (Fsp3) is 0.167. The van der Waals surface area contributed by atoms with Crippen LogP contribution in [0.15, 0.2) is 41.0 Å². The van der Waals surface area contributed by atoms with Gasteiger partial charge in [0.1, 0.15) is 5.00 Å². The van der Waals surface area contributed by atoms with Crippen LogP contribution in [0.3, 0.4) is 0 Å². The van der Waals surface area contributed by atoms with Gasteiger partial charge in [-0.3, -0.25) is 9.59 Å². The molecule has 0 spiro atoms. The number of rotatable bonds is 6. The van der Waals surface area contributed by atoms with Crippen LogP contribution in [0, 0.1) is 6.92 Å². The molecule has 3 aromatic rings. The number of furan rings is 1. The van der Waals surface area contributed by atoms with E-state index in [-0.39, 0.29) is 18.3 Å². The van der Waals surface area contributed by atoms with Gasteiger partial charge in [-0.15, -0.1) is 22.7 Å². The molecule has 0 fully saturated rings. The van der Waals surface area contributed by atoms with Crippen LogP contribution < -0.4 is 10.6 Å². The van der Waals surface area contributed by atoms with Crippen LogP contribution in [0.5, 0.6) is 0 Å². The molecule has 0 saturated carbocycles. The van der Waals surface area contributed by atoms with Crippen molar-refractivity contribution in [2.45, 2.75) is 13.8 Å². The fourth-order valence-corrected chi connectivity index (χ4v) is 3.93. The normalized spacial score (nSPS) is 10.4. The summed E-state index contributed by atoms with van der Waals surface area (Å²) in [7, 11) is 0. The number of ether oxygens (including phenoxy) is 1. The quantitative estimate of drug-likeness (QED) is 0.594. The van der Waals surface area contributed by atoms with Crippen LogP contribution in [0.1, 0.15) is 42.4 Å². The van der Waals surface area contributed by atoms with Crippen molar-refractivity contribution in [3.63, 3.8) is 0 Å². The van der Waals surface area contributed by atoms with Crippen LogP contribution in [0.4, 0.5) is 10.0 Å². The average Bonchev–Trinajstić information content (AvgIpc) is 3.35. The van der Waals surface area contributed by atoms with Gasteiger partial charge in [0.25, 0.3) is 11.8 Å². The lowest BCUT2D eigenvalue weighted by Gasteiger charge is -2.05. The Morgan fingerprint density at radius 2 is 1.93 bits per heavy atom. The molecule has 0 bridgehead atoms. The molecule has 9 heteroatoms. The molecule has 0 aliphatic heterocycles. The topological polar surface area (TPSA) is 97.6 Å². The Morgan fingerprint density at radius 1 is 1.11 bits per heavy atom. The maximum Gasteiger partial charge on any atom is 0.341 e. The van der Waals surface area contributed by atoms with E-state index in [1.807, 2.05) is 6.92 Å². The second kappa shape index (κ2) is 8.19. The lowest BCUT2D eigenvalue weighted by Crippen LogP contribution is -2.13. The smallest absolute Gasteiger partial charge is 0.341 e. The Kier molecular flexibility index (Phi) is 5.72. The molecule has 0 unspecified atom stereocenters. The molecule has 7 nitrogen and oxygen atoms in total. The number of thiophene rings is 2. The lowest BCUT2D eigenvalue weighted by atomic mass is 10.3. The van der Waals surface area contributed by atoms with Crippen LogP contribution >= 0.6 is 22.7 Å². The number of anilines is 2. The van der Waals surface area contributed by atoms with E-state index in [0.29, 0.717) is 20.4 Å². The molecule has 0 aromatic carbocycles. The van der Waals surface area contributed by atoms with Gasteiger partial charge in [0.05, 0.1) is 28.3 Å². The predicted molar refractivity (Wildman–Crippen MR) is 104 cm³/mol. The fourth-order valence-electron chi connectivity index (χ4n) is 2.24. The zero-order chi connectivity index (χ0) is 19.4. The van der Waals surface area contributed by atoms with Crippen LogP contribution in [-0.2, 0) is 4.74 Å². The Morgan fingerprint density at radius 3 is 2.63 bits per heavy atom. The molecular weight excluding hydrogens is 388 g/mol. The highest BCUT2D eigenvalue weighted by Gasteiger charge is 2.20. The van der Waals surface area contributed by atoms with Gasteiger partial charge in [-0.25, -0.2) is 4.79 Å². The SMILES string of the molecule is CCOC(=O)c1cc(C)sc1NC(=O)c1ccc(NC(=O)c2ccco2)s1. The molecular formula is C18H16N2O5S2. The summed E-state index contributed by atoms with van der Waals surface area (Å²) in [6.07, 6.45) is 1.41. The third-order valence-corrected chi connectivity index (χ3v) is 5.35. The van der Waals surface area contributed by atoms with Crippen molar-refractivity contribution in [1.29, 1.82) is 0 Å². The van der Waals surface area contributed by atoms with Crippen molar-refractivity contribution >= 4 is 50.5 Å². The van der Waals surface area contributed by atoms with Crippen molar-refractivity contribution in [3.8, 4) is 0 Å². The van der Waals surface area contributed by atoms with Gasteiger partial charge in [0.2, 0.25) is 0 Å². The van der Waals surface area contributed by atoms with E-state index in [1.54, 1.807) is 37.3 Å². The van der Waals surface area contributed by atoms with Crippen molar-refractivity contribution in [2.75, 3.05) is 17.2 Å². The maximum atomic E-state index is 12.5. The molecule has 0 radical (unpaired) electrons. The van der Waals surface area contributed by atoms with Gasteiger partial charge in [-0.05, 0) is 44.2 Å². The van der Waals surface area contributed by atoms with E-state index >= 15 is 0 Å². The molecule has 3 heterocycles. The van der Waals surface area contributed by atoms with E-state index in [0.717, 1.165) is 16.2 Å². The lowest BCUT2D eigenvalue weighted by molar-refractivity contribution is 0.0528. The number of carbonyl (C=O) groups is 3. The summed E-state index contributed by atoms with van der Waals surface area (Å²) < 4.78 is 10.0. The summed E-state index contributed by atoms with van der Waals surface area (Å²) in [5.41, 5.74) is 0.329. The van der Waals surface area contributed by atoms with Gasteiger partial charge < -0.3 is 19.8 Å². The minimum absolute atomic E-state index is 0.183. The number of esters is 1. The summed E-state index contributed by atoms with van der Waals surface area (Å²) in [5.74, 6) is -1.06. The third kappa shape index (κ3) is 4.44. The maximum absolute atomic E-state index is 12.5. The minimum Gasteiger partial charge on any atom is -0.462 e. The largest absolute Gasteiger partial charge is 0.462 e. The van der Waals surface area contributed by atoms with Crippen molar-refractivity contribution in [2.24, 2.45) is 0 Å². The Labute approximate surface area is 163 Å². The standard InChI is InChI=1S/C18H16N2O5S2/c1-3-24-18(23)11-9-10(2)26-17(11)20-16(22)13-6-7-14(27-13)19-15(21)12-5-4-8-25-12/h4-9H,3H2,1-2H3,(H,19,21)(H,20,22). The molecule has 2 N–H and O–H groups in total. The molecule has 0 atom stereocenters. The number of nitrogens with one attached hydrogen (secondary N) is 2. The first kappa shape index (κ1) is 18.9. The zero-order valence-corrected chi connectivity index (χ0v) is 16.2. The van der Waals surface area contributed by atoms with Gasteiger partial charge >= 0.3 is 5.97 Å². The highest BCUT2D eigenvalue weighted by atomic mass is 32.1. The van der Waals surface area contributed by atoms with E-state index in [9.17, 15) is 14.4 Å². The summed E-state index contributed by atoms with van der Waals surface area (Å²) >= 11 is 2.42. The highest BCUT2D eigenvalue weighted by Crippen LogP contribution is 2.30. The second-order valence-electron chi connectivity index (χ2n) is 5.37. The molecule has 0 saturated heterocycles. The zero-order valence-electron chi connectivity index (χ0n) is 14.5. The van der Waals surface area contributed by atoms with Crippen LogP contribution in [-0.4, -0.2) is 24.4 Å². The summed E-state index contributed by atoms with van der Waals surface area (Å²) in [5, 5.41) is 6.35. The van der Waals surface area contributed by atoms with Crippen molar-refractivity contribution in [1.82, 2.24) is 0 Å². The first-order valence-electron chi connectivity index (χ1n) is 8.01. The third-order valence-electron chi connectivity index (χ3n) is 3.39. The number of hydrogen-bond acceptors (Lipinski definition) is 7. The predicted octanol–water partition coefficient (Wildman–Crippen LogP) is 4.39. The summed E-state index contributed by atoms with van der Waals surface area (Å²) in [6.45, 7) is 3.82. The first-order chi connectivity index (χ1) is 13.0. The number of carbonyl (C=O) groups excluding carboxylic acids is 3. The van der Waals surface area contributed by atoms with Crippen molar-refractivity contribution in [3.05, 3.63) is 57.7 Å². The molecule has 140 valence electrons. The number of amides is 2. The number of aryl methyl sites for hydroxylation is 1. The molecule has 2 amide bonds. The van der Waals surface area contributed by atoms with E-state index < -0.39 is 11.9 Å². The Bertz CT molecular complexity index is 972. The van der Waals surface area contributed by atoms with Crippen molar-refractivity contribution < 1.29 is 23.5 Å². The van der Waals surface area contributed by atoms with Gasteiger partial charge in [-0.1, -0.05) is 0 Å².